The Balaban J connectivity index is 2.62. The van der Waals surface area contributed by atoms with Crippen molar-refractivity contribution in [1.29, 1.82) is 0 Å². The number of carboxylic acid groups (broad SMARTS) is 1. The van der Waals surface area contributed by atoms with Crippen molar-refractivity contribution < 1.29 is 19.1 Å². The second-order valence-electron chi connectivity index (χ2n) is 3.58. The lowest BCUT2D eigenvalue weighted by Crippen LogP contribution is -2.41. The lowest BCUT2D eigenvalue weighted by atomic mass is 10.2. The van der Waals surface area contributed by atoms with Gasteiger partial charge in [0.15, 0.2) is 0 Å². The molecule has 0 aromatic carbocycles. The molecule has 0 aliphatic rings. The van der Waals surface area contributed by atoms with Gasteiger partial charge < -0.3 is 14.4 Å². The topological polar surface area (TPSA) is 83.6 Å². The van der Waals surface area contributed by atoms with Crippen LogP contribution in [0.3, 0.4) is 0 Å². The average molecular weight is 226 g/mol. The highest BCUT2D eigenvalue weighted by molar-refractivity contribution is 5.83. The van der Waals surface area contributed by atoms with Gasteiger partial charge in [0.2, 0.25) is 11.8 Å². The lowest BCUT2D eigenvalue weighted by molar-refractivity contribution is -0.148. The zero-order valence-electron chi connectivity index (χ0n) is 9.43. The highest BCUT2D eigenvalue weighted by Gasteiger charge is 2.22. The van der Waals surface area contributed by atoms with Crippen molar-refractivity contribution in [3.8, 4) is 0 Å². The molecule has 0 bridgehead atoms. The fourth-order valence-corrected chi connectivity index (χ4v) is 1.12. The summed E-state index contributed by atoms with van der Waals surface area (Å²) in [6.07, 6.45) is 1.42. The smallest absolute Gasteiger partial charge is 0.326 e. The minimum atomic E-state index is -1.04. The van der Waals surface area contributed by atoms with E-state index in [2.05, 4.69) is 4.98 Å². The maximum atomic E-state index is 11.6. The Bertz CT molecular complexity index is 399. The Labute approximate surface area is 92.9 Å². The average Bonchev–Trinajstić information content (AvgIpc) is 2.61. The van der Waals surface area contributed by atoms with Gasteiger partial charge in [-0.2, -0.15) is 0 Å². The maximum Gasteiger partial charge on any atom is 0.326 e. The van der Waals surface area contributed by atoms with Crippen molar-refractivity contribution in [3.05, 3.63) is 17.8 Å². The van der Waals surface area contributed by atoms with Crippen molar-refractivity contribution in [2.75, 3.05) is 7.05 Å². The van der Waals surface area contributed by atoms with Crippen molar-refractivity contribution in [3.63, 3.8) is 0 Å². The van der Waals surface area contributed by atoms with E-state index in [1.54, 1.807) is 6.92 Å². The summed E-state index contributed by atoms with van der Waals surface area (Å²) in [5.41, 5.74) is 0.691. The molecule has 0 spiro atoms. The number of carbonyl (C=O) groups excluding carboxylic acids is 1. The number of likely N-dealkylation sites (N-methyl/N-ethyl adjacent to an activating group) is 1. The van der Waals surface area contributed by atoms with E-state index in [1.165, 1.54) is 20.2 Å². The molecule has 0 fully saturated rings. The Kier molecular flexibility index (Phi) is 3.65. The third-order valence-corrected chi connectivity index (χ3v) is 2.30. The summed E-state index contributed by atoms with van der Waals surface area (Å²) in [6.45, 7) is 3.20. The lowest BCUT2D eigenvalue weighted by Gasteiger charge is -2.20. The molecule has 6 heteroatoms. The number of aryl methyl sites for hydroxylation is 1. The van der Waals surface area contributed by atoms with E-state index in [0.29, 0.717) is 11.6 Å². The summed E-state index contributed by atoms with van der Waals surface area (Å²) in [5, 5.41) is 8.74. The van der Waals surface area contributed by atoms with E-state index in [9.17, 15) is 9.59 Å². The number of aliphatic carboxylic acids is 1. The number of nitrogens with zero attached hydrogens (tertiary/aromatic N) is 2. The number of carboxylic acids is 1. The van der Waals surface area contributed by atoms with E-state index >= 15 is 0 Å². The van der Waals surface area contributed by atoms with Crippen LogP contribution >= 0.6 is 0 Å². The van der Waals surface area contributed by atoms with Crippen molar-refractivity contribution in [1.82, 2.24) is 9.88 Å². The van der Waals surface area contributed by atoms with Crippen LogP contribution in [0.5, 0.6) is 0 Å². The number of aromatic nitrogens is 1. The first-order chi connectivity index (χ1) is 7.41. The molecule has 1 N–H and O–H groups in total. The minimum Gasteiger partial charge on any atom is -0.480 e. The minimum absolute atomic E-state index is 0.0258. The van der Waals surface area contributed by atoms with Crippen molar-refractivity contribution in [2.24, 2.45) is 0 Å². The molecule has 16 heavy (non-hydrogen) atoms. The van der Waals surface area contributed by atoms with Gasteiger partial charge in [-0.05, 0) is 13.8 Å². The molecule has 1 amide bonds. The standard InChI is InChI=1S/C10H14N2O4/c1-6-5-16-8(11-6)4-9(13)12(3)7(2)10(14)15/h5,7H,4H2,1-3H3,(H,14,15). The second kappa shape index (κ2) is 4.78. The van der Waals surface area contributed by atoms with Crippen molar-refractivity contribution in [2.45, 2.75) is 26.3 Å². The van der Waals surface area contributed by atoms with Crippen LogP contribution in [0, 0.1) is 6.92 Å². The predicted octanol–water partition coefficient (Wildman–Crippen LogP) is 0.457. The van der Waals surface area contributed by atoms with Crippen LogP contribution in [-0.4, -0.2) is 40.0 Å². The molecule has 1 atom stereocenters. The van der Waals surface area contributed by atoms with Crippen LogP contribution in [-0.2, 0) is 16.0 Å². The van der Waals surface area contributed by atoms with Gasteiger partial charge in [-0.25, -0.2) is 9.78 Å². The zero-order valence-corrected chi connectivity index (χ0v) is 9.43. The Morgan fingerprint density at radius 3 is 2.69 bits per heavy atom. The summed E-state index contributed by atoms with van der Waals surface area (Å²) in [7, 11) is 1.44. The molecule has 1 rings (SSSR count). The summed E-state index contributed by atoms with van der Waals surface area (Å²) in [6, 6.07) is -0.858. The molecule has 1 aromatic heterocycles. The second-order valence-corrected chi connectivity index (χ2v) is 3.58. The highest BCUT2D eigenvalue weighted by atomic mass is 16.4. The third kappa shape index (κ3) is 2.82. The number of carbonyl (C=O) groups is 2. The maximum absolute atomic E-state index is 11.6. The Morgan fingerprint density at radius 2 is 2.25 bits per heavy atom. The van der Waals surface area contributed by atoms with Crippen LogP contribution < -0.4 is 0 Å². The van der Waals surface area contributed by atoms with Crippen LogP contribution in [0.2, 0.25) is 0 Å². The predicted molar refractivity (Wildman–Crippen MR) is 54.8 cm³/mol. The number of amides is 1. The molecule has 0 radical (unpaired) electrons. The Hall–Kier alpha value is -1.85. The van der Waals surface area contributed by atoms with Gasteiger partial charge in [0, 0.05) is 7.05 Å². The van der Waals surface area contributed by atoms with Gasteiger partial charge >= 0.3 is 5.97 Å². The SMILES string of the molecule is Cc1coc(CC(=O)N(C)C(C)C(=O)O)n1. The fourth-order valence-electron chi connectivity index (χ4n) is 1.12. The first-order valence-corrected chi connectivity index (χ1v) is 4.81. The van der Waals surface area contributed by atoms with Gasteiger partial charge in [0.05, 0.1) is 5.69 Å². The van der Waals surface area contributed by atoms with Crippen LogP contribution in [0.25, 0.3) is 0 Å². The first kappa shape index (κ1) is 12.2. The molecule has 0 saturated heterocycles. The molecular formula is C10H14N2O4. The highest BCUT2D eigenvalue weighted by Crippen LogP contribution is 2.05. The third-order valence-electron chi connectivity index (χ3n) is 2.30. The summed E-state index contributed by atoms with van der Waals surface area (Å²) >= 11 is 0. The molecule has 0 aliphatic heterocycles. The number of hydrogen-bond acceptors (Lipinski definition) is 4. The molecule has 1 aromatic rings. The van der Waals surface area contributed by atoms with Crippen LogP contribution in [0.15, 0.2) is 10.7 Å². The van der Waals surface area contributed by atoms with E-state index in [-0.39, 0.29) is 12.3 Å². The largest absolute Gasteiger partial charge is 0.480 e. The van der Waals surface area contributed by atoms with Crippen LogP contribution in [0.1, 0.15) is 18.5 Å². The molecule has 0 saturated carbocycles. The fraction of sp³-hybridized carbons (Fsp3) is 0.500. The number of oxazole rings is 1. The van der Waals surface area contributed by atoms with E-state index in [0.717, 1.165) is 4.90 Å². The summed E-state index contributed by atoms with van der Waals surface area (Å²) in [4.78, 5) is 27.4. The van der Waals surface area contributed by atoms with Crippen LogP contribution in [0.4, 0.5) is 0 Å². The van der Waals surface area contributed by atoms with E-state index in [4.69, 9.17) is 9.52 Å². The molecule has 0 aliphatic carbocycles. The van der Waals surface area contributed by atoms with Gasteiger partial charge in [0.25, 0.3) is 0 Å². The molecule has 6 nitrogen and oxygen atoms in total. The zero-order chi connectivity index (χ0) is 12.3. The van der Waals surface area contributed by atoms with Gasteiger partial charge in [-0.3, -0.25) is 4.79 Å². The first-order valence-electron chi connectivity index (χ1n) is 4.81. The monoisotopic (exact) mass is 226 g/mol. The molecular weight excluding hydrogens is 212 g/mol. The number of rotatable bonds is 4. The van der Waals surface area contributed by atoms with Gasteiger partial charge in [-0.15, -0.1) is 0 Å². The Morgan fingerprint density at radius 1 is 1.62 bits per heavy atom. The van der Waals surface area contributed by atoms with Crippen molar-refractivity contribution >= 4 is 11.9 Å². The van der Waals surface area contributed by atoms with E-state index in [1.807, 2.05) is 0 Å². The van der Waals surface area contributed by atoms with Gasteiger partial charge in [0.1, 0.15) is 18.7 Å². The normalized spacial score (nSPS) is 12.2. The van der Waals surface area contributed by atoms with E-state index < -0.39 is 12.0 Å². The summed E-state index contributed by atoms with van der Waals surface area (Å²) < 4.78 is 5.02. The molecule has 1 heterocycles. The summed E-state index contributed by atoms with van der Waals surface area (Å²) in [5.74, 6) is -1.08. The quantitative estimate of drug-likeness (QED) is 0.806. The molecule has 1 unspecified atom stereocenters. The van der Waals surface area contributed by atoms with Gasteiger partial charge in [-0.1, -0.05) is 0 Å². The molecule has 88 valence electrons. The number of hydrogen-bond donors (Lipinski definition) is 1.